The molecule has 0 bridgehead atoms. The summed E-state index contributed by atoms with van der Waals surface area (Å²) in [7, 11) is -3.83. The van der Waals surface area contributed by atoms with Gasteiger partial charge < -0.3 is 15.4 Å². The fourth-order valence-corrected chi connectivity index (χ4v) is 4.30. The lowest BCUT2D eigenvalue weighted by atomic mass is 10.1. The smallest absolute Gasteiger partial charge is 0.343 e. The summed E-state index contributed by atoms with van der Waals surface area (Å²) in [6.07, 6.45) is 3.40. The van der Waals surface area contributed by atoms with E-state index in [1.54, 1.807) is 18.2 Å². The summed E-state index contributed by atoms with van der Waals surface area (Å²) in [5, 5.41) is 4.07. The molecule has 0 saturated carbocycles. The topological polar surface area (TPSA) is 149 Å². The van der Waals surface area contributed by atoms with Gasteiger partial charge in [0.2, 0.25) is 0 Å². The van der Waals surface area contributed by atoms with E-state index >= 15 is 0 Å². The van der Waals surface area contributed by atoms with E-state index in [0.717, 1.165) is 0 Å². The van der Waals surface area contributed by atoms with E-state index in [4.69, 9.17) is 10.5 Å². The number of hydrogen-bond acceptors (Lipinski definition) is 7. The lowest BCUT2D eigenvalue weighted by Crippen LogP contribution is -2.43. The van der Waals surface area contributed by atoms with Crippen molar-refractivity contribution in [2.24, 2.45) is 5.73 Å². The molecule has 1 fully saturated rings. The molecule has 3 heterocycles. The molecule has 0 aliphatic carbocycles. The maximum Gasteiger partial charge on any atom is 0.343 e. The van der Waals surface area contributed by atoms with Crippen LogP contribution in [0, 0.1) is 0 Å². The highest BCUT2D eigenvalue weighted by Crippen LogP contribution is 2.19. The van der Waals surface area contributed by atoms with Crippen LogP contribution in [0.5, 0.6) is 0 Å². The van der Waals surface area contributed by atoms with Crippen LogP contribution in [0.1, 0.15) is 23.2 Å². The van der Waals surface area contributed by atoms with Gasteiger partial charge in [0.25, 0.3) is 10.0 Å². The highest BCUT2D eigenvalue weighted by atomic mass is 32.2. The number of rotatable bonds is 5. The first-order chi connectivity index (χ1) is 14.8. The number of primary amides is 1. The fourth-order valence-electron chi connectivity index (χ4n) is 3.27. The molecule has 0 radical (unpaired) electrons. The number of likely N-dealkylation sites (tertiary alicyclic amines) is 1. The highest BCUT2D eigenvalue weighted by Gasteiger charge is 2.26. The second kappa shape index (κ2) is 8.22. The van der Waals surface area contributed by atoms with Crippen molar-refractivity contribution >= 4 is 33.5 Å². The summed E-state index contributed by atoms with van der Waals surface area (Å²) in [5.41, 5.74) is 5.53. The number of benzene rings is 1. The SMILES string of the molecule is NC(=O)N1CCC(OC(=O)c2cnn3ccc(NS(=O)(=O)c4ccccc4)nc23)CC1. The van der Waals surface area contributed by atoms with Gasteiger partial charge in [0.05, 0.1) is 11.1 Å². The highest BCUT2D eigenvalue weighted by molar-refractivity contribution is 7.92. The minimum Gasteiger partial charge on any atom is -0.459 e. The molecular formula is C19H20N6O5S. The zero-order chi connectivity index (χ0) is 22.0. The van der Waals surface area contributed by atoms with Crippen molar-refractivity contribution in [2.45, 2.75) is 23.8 Å². The second-order valence-corrected chi connectivity index (χ2v) is 8.67. The molecule has 3 aromatic rings. The van der Waals surface area contributed by atoms with E-state index in [-0.39, 0.29) is 28.0 Å². The first kappa shape index (κ1) is 20.6. The third-order valence-electron chi connectivity index (χ3n) is 4.91. The monoisotopic (exact) mass is 444 g/mol. The third-order valence-corrected chi connectivity index (χ3v) is 6.28. The number of anilines is 1. The molecule has 0 spiro atoms. The van der Waals surface area contributed by atoms with Gasteiger partial charge in [0.15, 0.2) is 5.65 Å². The molecule has 31 heavy (non-hydrogen) atoms. The van der Waals surface area contributed by atoms with Crippen molar-refractivity contribution in [1.29, 1.82) is 0 Å². The minimum absolute atomic E-state index is 0.0423. The Morgan fingerprint density at radius 3 is 2.52 bits per heavy atom. The average Bonchev–Trinajstić information content (AvgIpc) is 3.18. The standard InChI is InChI=1S/C19H20N6O5S/c20-19(27)24-9-6-13(7-10-24)30-18(26)15-12-21-25-11-8-16(22-17(15)25)23-31(28,29)14-4-2-1-3-5-14/h1-5,8,11-13H,6-7,9-10H2,(H2,20,27)(H,22,23). The molecule has 3 N–H and O–H groups in total. The Kier molecular flexibility index (Phi) is 5.46. The number of nitrogens with two attached hydrogens (primary N) is 1. The Labute approximate surface area is 177 Å². The van der Waals surface area contributed by atoms with Gasteiger partial charge in [0, 0.05) is 32.1 Å². The second-order valence-electron chi connectivity index (χ2n) is 6.99. The molecule has 0 unspecified atom stereocenters. The number of carbonyl (C=O) groups is 2. The molecule has 0 atom stereocenters. The van der Waals surface area contributed by atoms with Gasteiger partial charge in [-0.1, -0.05) is 18.2 Å². The van der Waals surface area contributed by atoms with Gasteiger partial charge in [-0.05, 0) is 18.2 Å². The van der Waals surface area contributed by atoms with Gasteiger partial charge in [-0.25, -0.2) is 27.5 Å². The lowest BCUT2D eigenvalue weighted by molar-refractivity contribution is 0.0158. The summed E-state index contributed by atoms with van der Waals surface area (Å²) in [6, 6.07) is 8.81. The number of hydrogen-bond donors (Lipinski definition) is 2. The van der Waals surface area contributed by atoms with Gasteiger partial charge in [-0.15, -0.1) is 0 Å². The Bertz CT molecular complexity index is 1220. The number of nitrogens with zero attached hydrogens (tertiary/aromatic N) is 4. The van der Waals surface area contributed by atoms with Crippen LogP contribution in [0.25, 0.3) is 5.65 Å². The van der Waals surface area contributed by atoms with Gasteiger partial charge in [-0.2, -0.15) is 5.10 Å². The van der Waals surface area contributed by atoms with Gasteiger partial charge in [-0.3, -0.25) is 4.72 Å². The number of nitrogens with one attached hydrogen (secondary N) is 1. The molecule has 1 aromatic carbocycles. The molecule has 12 heteroatoms. The number of amides is 2. The number of esters is 1. The van der Waals surface area contributed by atoms with Crippen molar-refractivity contribution in [2.75, 3.05) is 17.8 Å². The minimum atomic E-state index is -3.83. The Balaban J connectivity index is 1.51. The number of carbonyl (C=O) groups excluding carboxylic acids is 2. The molecule has 11 nitrogen and oxygen atoms in total. The third kappa shape index (κ3) is 4.43. The van der Waals surface area contributed by atoms with Crippen molar-refractivity contribution in [1.82, 2.24) is 19.5 Å². The van der Waals surface area contributed by atoms with Crippen LogP contribution in [0.15, 0.2) is 53.7 Å². The summed E-state index contributed by atoms with van der Waals surface area (Å²) in [6.45, 7) is 0.817. The van der Waals surface area contributed by atoms with E-state index in [9.17, 15) is 18.0 Å². The maximum absolute atomic E-state index is 12.7. The Morgan fingerprint density at radius 2 is 1.84 bits per heavy atom. The molecule has 1 aliphatic heterocycles. The van der Waals surface area contributed by atoms with E-state index in [1.807, 2.05) is 0 Å². The predicted octanol–water partition coefficient (Wildman–Crippen LogP) is 1.23. The number of fused-ring (bicyclic) bond motifs is 1. The van der Waals surface area contributed by atoms with Crippen LogP contribution in [0.3, 0.4) is 0 Å². The first-order valence-electron chi connectivity index (χ1n) is 9.51. The number of sulfonamides is 1. The van der Waals surface area contributed by atoms with Crippen LogP contribution >= 0.6 is 0 Å². The predicted molar refractivity (Wildman–Crippen MR) is 110 cm³/mol. The van der Waals surface area contributed by atoms with E-state index in [1.165, 1.54) is 40.0 Å². The quantitative estimate of drug-likeness (QED) is 0.562. The van der Waals surface area contributed by atoms with Crippen LogP contribution in [0.2, 0.25) is 0 Å². The maximum atomic E-state index is 12.7. The molecule has 1 aliphatic rings. The average molecular weight is 444 g/mol. The van der Waals surface area contributed by atoms with Crippen LogP contribution in [0.4, 0.5) is 10.6 Å². The molecule has 2 amide bonds. The molecular weight excluding hydrogens is 424 g/mol. The number of piperidine rings is 1. The molecule has 162 valence electrons. The van der Waals surface area contributed by atoms with Gasteiger partial charge in [0.1, 0.15) is 17.5 Å². The van der Waals surface area contributed by atoms with Crippen molar-refractivity contribution in [3.63, 3.8) is 0 Å². The van der Waals surface area contributed by atoms with Crippen LogP contribution in [-0.2, 0) is 14.8 Å². The molecule has 4 rings (SSSR count). The van der Waals surface area contributed by atoms with Crippen molar-refractivity contribution in [3.05, 3.63) is 54.4 Å². The molecule has 2 aromatic heterocycles. The summed E-state index contributed by atoms with van der Waals surface area (Å²) < 4.78 is 34.3. The lowest BCUT2D eigenvalue weighted by Gasteiger charge is -2.30. The number of ether oxygens (including phenoxy) is 1. The van der Waals surface area contributed by atoms with E-state index in [0.29, 0.717) is 25.9 Å². The Hall–Kier alpha value is -3.67. The van der Waals surface area contributed by atoms with Crippen LogP contribution < -0.4 is 10.5 Å². The van der Waals surface area contributed by atoms with Crippen molar-refractivity contribution < 1.29 is 22.7 Å². The number of aromatic nitrogens is 3. The zero-order valence-electron chi connectivity index (χ0n) is 16.3. The first-order valence-corrected chi connectivity index (χ1v) is 11.0. The van der Waals surface area contributed by atoms with Gasteiger partial charge >= 0.3 is 12.0 Å². The zero-order valence-corrected chi connectivity index (χ0v) is 17.2. The number of urea groups is 1. The van der Waals surface area contributed by atoms with Crippen LogP contribution in [-0.4, -0.2) is 59.1 Å². The van der Waals surface area contributed by atoms with E-state index < -0.39 is 22.0 Å². The normalized spacial score (nSPS) is 15.0. The largest absolute Gasteiger partial charge is 0.459 e. The fraction of sp³-hybridized carbons (Fsp3) is 0.263. The Morgan fingerprint density at radius 1 is 1.13 bits per heavy atom. The van der Waals surface area contributed by atoms with Crippen molar-refractivity contribution in [3.8, 4) is 0 Å². The molecule has 1 saturated heterocycles. The van der Waals surface area contributed by atoms with E-state index in [2.05, 4.69) is 14.8 Å². The summed E-state index contributed by atoms with van der Waals surface area (Å²) in [5.74, 6) is -0.580. The summed E-state index contributed by atoms with van der Waals surface area (Å²) in [4.78, 5) is 29.7. The summed E-state index contributed by atoms with van der Waals surface area (Å²) >= 11 is 0.